The van der Waals surface area contributed by atoms with Crippen LogP contribution in [0.15, 0.2) is 0 Å². The van der Waals surface area contributed by atoms with Gasteiger partial charge in [-0.15, -0.1) is 0 Å². The number of carbonyl (C=O) groups excluding carboxylic acids is 2. The summed E-state index contributed by atoms with van der Waals surface area (Å²) in [7, 11) is 1.48. The van der Waals surface area contributed by atoms with Crippen molar-refractivity contribution in [1.82, 2.24) is 15.5 Å². The van der Waals surface area contributed by atoms with E-state index in [2.05, 4.69) is 10.6 Å². The highest BCUT2D eigenvalue weighted by atomic mass is 16.4. The van der Waals surface area contributed by atoms with Gasteiger partial charge in [-0.2, -0.15) is 0 Å². The molecule has 0 aliphatic heterocycles. The van der Waals surface area contributed by atoms with E-state index >= 15 is 0 Å². The van der Waals surface area contributed by atoms with Crippen LogP contribution >= 0.6 is 0 Å². The third-order valence-electron chi connectivity index (χ3n) is 2.46. The Hall–Kier alpha value is -1.79. The van der Waals surface area contributed by atoms with E-state index in [0.717, 1.165) is 0 Å². The van der Waals surface area contributed by atoms with Gasteiger partial charge in [-0.3, -0.25) is 4.79 Å². The Morgan fingerprint density at radius 2 is 1.89 bits per heavy atom. The van der Waals surface area contributed by atoms with Gasteiger partial charge in [0.1, 0.15) is 12.6 Å². The molecule has 0 aromatic carbocycles. The largest absolute Gasteiger partial charge is 0.480 e. The molecule has 0 heterocycles. The molecule has 0 fully saturated rings. The molecule has 0 aromatic heterocycles. The fourth-order valence-corrected chi connectivity index (χ4v) is 1.37. The molecule has 0 aliphatic rings. The van der Waals surface area contributed by atoms with Crippen LogP contribution in [0, 0.1) is 0 Å². The van der Waals surface area contributed by atoms with Crippen LogP contribution < -0.4 is 10.6 Å². The van der Waals surface area contributed by atoms with E-state index in [1.165, 1.54) is 11.9 Å². The molecule has 0 bridgehead atoms. The lowest BCUT2D eigenvalue weighted by Gasteiger charge is -2.23. The van der Waals surface area contributed by atoms with Crippen LogP contribution in [-0.2, 0) is 9.59 Å². The Morgan fingerprint density at radius 1 is 1.28 bits per heavy atom. The van der Waals surface area contributed by atoms with E-state index in [1.54, 1.807) is 6.92 Å². The lowest BCUT2D eigenvalue weighted by molar-refractivity contribution is -0.139. The summed E-state index contributed by atoms with van der Waals surface area (Å²) >= 11 is 0. The molecular weight excluding hydrogens is 238 g/mol. The third-order valence-corrected chi connectivity index (χ3v) is 2.46. The highest BCUT2D eigenvalue weighted by Gasteiger charge is 2.22. The maximum atomic E-state index is 11.8. The molecule has 104 valence electrons. The van der Waals surface area contributed by atoms with Crippen molar-refractivity contribution in [2.75, 3.05) is 20.1 Å². The molecule has 0 aliphatic carbocycles. The minimum atomic E-state index is -1.07. The van der Waals surface area contributed by atoms with E-state index in [9.17, 15) is 14.4 Å². The number of hydrogen-bond acceptors (Lipinski definition) is 3. The second kappa shape index (κ2) is 8.32. The molecule has 0 radical (unpaired) electrons. The van der Waals surface area contributed by atoms with Crippen LogP contribution in [0.4, 0.5) is 4.79 Å². The topological polar surface area (TPSA) is 98.7 Å². The Kier molecular flexibility index (Phi) is 7.50. The first-order valence-corrected chi connectivity index (χ1v) is 5.95. The van der Waals surface area contributed by atoms with Gasteiger partial charge in [0.2, 0.25) is 5.91 Å². The molecule has 7 nitrogen and oxygen atoms in total. The highest BCUT2D eigenvalue weighted by molar-refractivity contribution is 5.86. The number of carbonyl (C=O) groups is 3. The van der Waals surface area contributed by atoms with E-state index in [0.29, 0.717) is 19.4 Å². The maximum Gasteiger partial charge on any atom is 0.326 e. The molecule has 0 rings (SSSR count). The Morgan fingerprint density at radius 3 is 2.28 bits per heavy atom. The molecule has 0 unspecified atom stereocenters. The number of nitrogens with one attached hydrogen (secondary N) is 2. The van der Waals surface area contributed by atoms with Crippen molar-refractivity contribution in [2.24, 2.45) is 0 Å². The molecule has 18 heavy (non-hydrogen) atoms. The van der Waals surface area contributed by atoms with Gasteiger partial charge in [-0.05, 0) is 13.3 Å². The lowest BCUT2D eigenvalue weighted by atomic mass is 10.2. The van der Waals surface area contributed by atoms with E-state index in [-0.39, 0.29) is 12.5 Å². The number of carboxylic acids is 1. The molecule has 0 saturated carbocycles. The zero-order valence-corrected chi connectivity index (χ0v) is 11.0. The van der Waals surface area contributed by atoms with Crippen molar-refractivity contribution >= 4 is 17.9 Å². The Balaban J connectivity index is 4.49. The first-order chi connectivity index (χ1) is 8.46. The third kappa shape index (κ3) is 5.51. The summed E-state index contributed by atoms with van der Waals surface area (Å²) in [5, 5.41) is 13.7. The van der Waals surface area contributed by atoms with Gasteiger partial charge in [0.25, 0.3) is 0 Å². The molecule has 3 N–H and O–H groups in total. The number of urea groups is 1. The van der Waals surface area contributed by atoms with Gasteiger partial charge in [0, 0.05) is 13.6 Å². The van der Waals surface area contributed by atoms with Gasteiger partial charge in [-0.1, -0.05) is 13.3 Å². The van der Waals surface area contributed by atoms with Crippen LogP contribution in [0.3, 0.4) is 0 Å². The van der Waals surface area contributed by atoms with Gasteiger partial charge in [0.15, 0.2) is 0 Å². The molecule has 7 heteroatoms. The van der Waals surface area contributed by atoms with E-state index in [1.807, 2.05) is 6.92 Å². The SMILES string of the molecule is CCC[C@H](NC(=O)N(CC)CC(=O)NC)C(=O)O. The normalized spacial score (nSPS) is 11.5. The van der Waals surface area contributed by atoms with Crippen molar-refractivity contribution in [3.05, 3.63) is 0 Å². The Bertz CT molecular complexity index is 307. The van der Waals surface area contributed by atoms with Crippen molar-refractivity contribution < 1.29 is 19.5 Å². The Labute approximate surface area is 107 Å². The molecule has 0 aromatic rings. The second-order valence-corrected chi connectivity index (χ2v) is 3.82. The minimum Gasteiger partial charge on any atom is -0.480 e. The summed E-state index contributed by atoms with van der Waals surface area (Å²) in [5.41, 5.74) is 0. The van der Waals surface area contributed by atoms with Gasteiger partial charge < -0.3 is 20.6 Å². The smallest absolute Gasteiger partial charge is 0.326 e. The zero-order valence-electron chi connectivity index (χ0n) is 11.0. The number of nitrogens with zero attached hydrogens (tertiary/aromatic N) is 1. The van der Waals surface area contributed by atoms with Gasteiger partial charge in [0.05, 0.1) is 0 Å². The summed E-state index contributed by atoms with van der Waals surface area (Å²) in [4.78, 5) is 35.1. The van der Waals surface area contributed by atoms with Crippen LogP contribution in [0.1, 0.15) is 26.7 Å². The van der Waals surface area contributed by atoms with Gasteiger partial charge in [-0.25, -0.2) is 9.59 Å². The van der Waals surface area contributed by atoms with Crippen molar-refractivity contribution in [1.29, 1.82) is 0 Å². The monoisotopic (exact) mass is 259 g/mol. The summed E-state index contributed by atoms with van der Waals surface area (Å²) in [5.74, 6) is -1.37. The van der Waals surface area contributed by atoms with Crippen molar-refractivity contribution in [3.63, 3.8) is 0 Å². The molecule has 0 spiro atoms. The standard InChI is InChI=1S/C11H21N3O4/c1-4-6-8(10(16)17)13-11(18)14(5-2)7-9(15)12-3/h8H,4-7H2,1-3H3,(H,12,15)(H,13,18)(H,16,17)/t8-/m0/s1. The zero-order chi connectivity index (χ0) is 14.1. The van der Waals surface area contributed by atoms with Crippen molar-refractivity contribution in [3.8, 4) is 0 Å². The van der Waals surface area contributed by atoms with E-state index < -0.39 is 18.0 Å². The lowest BCUT2D eigenvalue weighted by Crippen LogP contribution is -2.50. The van der Waals surface area contributed by atoms with Crippen LogP contribution in [0.5, 0.6) is 0 Å². The molecular formula is C11H21N3O4. The predicted molar refractivity (Wildman–Crippen MR) is 66.2 cm³/mol. The first kappa shape index (κ1) is 16.2. The average molecular weight is 259 g/mol. The highest BCUT2D eigenvalue weighted by Crippen LogP contribution is 1.99. The number of likely N-dealkylation sites (N-methyl/N-ethyl adjacent to an activating group) is 2. The average Bonchev–Trinajstić information content (AvgIpc) is 2.34. The molecule has 3 amide bonds. The van der Waals surface area contributed by atoms with Crippen LogP contribution in [0.25, 0.3) is 0 Å². The van der Waals surface area contributed by atoms with Crippen molar-refractivity contribution in [2.45, 2.75) is 32.7 Å². The first-order valence-electron chi connectivity index (χ1n) is 5.95. The molecule has 0 saturated heterocycles. The number of rotatable bonds is 7. The second-order valence-electron chi connectivity index (χ2n) is 3.82. The fourth-order valence-electron chi connectivity index (χ4n) is 1.37. The quantitative estimate of drug-likeness (QED) is 0.600. The maximum absolute atomic E-state index is 11.8. The number of hydrogen-bond donors (Lipinski definition) is 3. The van der Waals surface area contributed by atoms with Gasteiger partial charge >= 0.3 is 12.0 Å². The summed E-state index contributed by atoms with van der Waals surface area (Å²) in [6, 6.07) is -1.46. The summed E-state index contributed by atoms with van der Waals surface area (Å²) < 4.78 is 0. The number of carboxylic acid groups (broad SMARTS) is 1. The summed E-state index contributed by atoms with van der Waals surface area (Å²) in [6.07, 6.45) is 1.01. The minimum absolute atomic E-state index is 0.0860. The van der Waals surface area contributed by atoms with E-state index in [4.69, 9.17) is 5.11 Å². The fraction of sp³-hybridized carbons (Fsp3) is 0.727. The molecule has 1 atom stereocenters. The van der Waals surface area contributed by atoms with Crippen LogP contribution in [0.2, 0.25) is 0 Å². The van der Waals surface area contributed by atoms with Crippen LogP contribution in [-0.4, -0.2) is 54.1 Å². The summed E-state index contributed by atoms with van der Waals surface area (Å²) in [6.45, 7) is 3.80. The number of amides is 3. The number of aliphatic carboxylic acids is 1. The predicted octanol–water partition coefficient (Wildman–Crippen LogP) is 0.0172.